The van der Waals surface area contributed by atoms with E-state index in [9.17, 15) is 4.79 Å². The van der Waals surface area contributed by atoms with Crippen LogP contribution in [0.1, 0.15) is 23.5 Å². The summed E-state index contributed by atoms with van der Waals surface area (Å²) in [5, 5.41) is 8.73. The lowest BCUT2D eigenvalue weighted by molar-refractivity contribution is -0.122. The average molecular weight is 364 g/mol. The maximum absolute atomic E-state index is 12.7. The van der Waals surface area contributed by atoms with Gasteiger partial charge >= 0.3 is 0 Å². The van der Waals surface area contributed by atoms with E-state index in [2.05, 4.69) is 28.0 Å². The van der Waals surface area contributed by atoms with E-state index >= 15 is 0 Å². The van der Waals surface area contributed by atoms with Gasteiger partial charge in [-0.3, -0.25) is 4.79 Å². The van der Waals surface area contributed by atoms with Crippen LogP contribution in [0.2, 0.25) is 5.02 Å². The van der Waals surface area contributed by atoms with Gasteiger partial charge in [0.2, 0.25) is 0 Å². The van der Waals surface area contributed by atoms with E-state index in [-0.39, 0.29) is 23.8 Å². The number of nitrogens with one attached hydrogen (secondary N) is 2. The molecule has 0 spiro atoms. The Bertz CT molecular complexity index is 938. The number of carbonyl (C=O) groups excluding carboxylic acids is 1. The van der Waals surface area contributed by atoms with Gasteiger partial charge in [-0.15, -0.1) is 0 Å². The standard InChI is InChI=1S/C21H18ClN3O/c22-13-9-10-17-16(11-13)14-7-4-8-15(14)20(23-17)18-19(24-25-21(18)26)12-5-2-1-3-6-12/h1-7,9-11,14-15,18,20,23H,8H2,(H,25,26). The minimum atomic E-state index is -0.311. The van der Waals surface area contributed by atoms with Crippen molar-refractivity contribution < 1.29 is 4.79 Å². The van der Waals surface area contributed by atoms with Gasteiger partial charge in [0.05, 0.1) is 5.71 Å². The molecule has 1 amide bonds. The Morgan fingerprint density at radius 3 is 2.81 bits per heavy atom. The van der Waals surface area contributed by atoms with E-state index < -0.39 is 0 Å². The molecule has 0 bridgehead atoms. The Hall–Kier alpha value is -2.59. The molecule has 130 valence electrons. The summed E-state index contributed by atoms with van der Waals surface area (Å²) in [6, 6.07) is 15.9. The highest BCUT2D eigenvalue weighted by molar-refractivity contribution is 6.30. The van der Waals surface area contributed by atoms with Gasteiger partial charge in [0, 0.05) is 22.7 Å². The van der Waals surface area contributed by atoms with Crippen LogP contribution in [0.15, 0.2) is 65.8 Å². The fourth-order valence-corrected chi connectivity index (χ4v) is 4.68. The molecule has 5 heteroatoms. The van der Waals surface area contributed by atoms with Gasteiger partial charge in [-0.1, -0.05) is 54.1 Å². The molecule has 0 saturated heterocycles. The lowest BCUT2D eigenvalue weighted by Gasteiger charge is -2.39. The molecule has 26 heavy (non-hydrogen) atoms. The first-order valence-corrected chi connectivity index (χ1v) is 9.25. The van der Waals surface area contributed by atoms with Crippen molar-refractivity contribution in [1.29, 1.82) is 0 Å². The van der Waals surface area contributed by atoms with Gasteiger partial charge in [-0.05, 0) is 41.7 Å². The quantitative estimate of drug-likeness (QED) is 0.794. The molecule has 1 aliphatic carbocycles. The van der Waals surface area contributed by atoms with Crippen molar-refractivity contribution in [2.75, 3.05) is 5.32 Å². The van der Waals surface area contributed by atoms with Crippen LogP contribution in [0.3, 0.4) is 0 Å². The van der Waals surface area contributed by atoms with Crippen LogP contribution in [-0.4, -0.2) is 17.7 Å². The number of allylic oxidation sites excluding steroid dienone is 2. The van der Waals surface area contributed by atoms with Crippen LogP contribution in [-0.2, 0) is 4.79 Å². The van der Waals surface area contributed by atoms with Crippen molar-refractivity contribution in [1.82, 2.24) is 5.43 Å². The van der Waals surface area contributed by atoms with Crippen molar-refractivity contribution >= 4 is 28.9 Å². The number of carbonyl (C=O) groups is 1. The van der Waals surface area contributed by atoms with Gasteiger partial charge in [0.25, 0.3) is 5.91 Å². The molecule has 0 radical (unpaired) electrons. The first kappa shape index (κ1) is 15.6. The summed E-state index contributed by atoms with van der Waals surface area (Å²) in [6.07, 6.45) is 5.41. The molecule has 2 aromatic carbocycles. The predicted octanol–water partition coefficient (Wildman–Crippen LogP) is 3.94. The third-order valence-electron chi connectivity index (χ3n) is 5.66. The van der Waals surface area contributed by atoms with Crippen molar-refractivity contribution in [2.45, 2.75) is 18.4 Å². The number of amides is 1. The molecule has 2 aliphatic heterocycles. The summed E-state index contributed by atoms with van der Waals surface area (Å²) in [4.78, 5) is 12.7. The molecule has 0 aromatic heterocycles. The van der Waals surface area contributed by atoms with E-state index in [1.54, 1.807) is 0 Å². The number of nitrogens with zero attached hydrogens (tertiary/aromatic N) is 1. The number of rotatable bonds is 2. The highest BCUT2D eigenvalue weighted by Gasteiger charge is 2.47. The first-order chi connectivity index (χ1) is 12.7. The second-order valence-electron chi connectivity index (χ2n) is 7.07. The number of benzene rings is 2. The summed E-state index contributed by atoms with van der Waals surface area (Å²) in [7, 11) is 0. The summed E-state index contributed by atoms with van der Waals surface area (Å²) in [5.41, 5.74) is 6.77. The van der Waals surface area contributed by atoms with Crippen molar-refractivity contribution in [3.8, 4) is 0 Å². The number of hydrogen-bond donors (Lipinski definition) is 2. The number of hydrazone groups is 1. The summed E-state index contributed by atoms with van der Waals surface area (Å²) in [6.45, 7) is 0. The van der Waals surface area contributed by atoms with Crippen LogP contribution in [0.4, 0.5) is 5.69 Å². The smallest absolute Gasteiger partial charge is 0.251 e. The second kappa shape index (κ2) is 5.99. The van der Waals surface area contributed by atoms with E-state index in [0.29, 0.717) is 5.92 Å². The monoisotopic (exact) mass is 363 g/mol. The highest BCUT2D eigenvalue weighted by Crippen LogP contribution is 2.47. The zero-order valence-corrected chi connectivity index (χ0v) is 14.8. The summed E-state index contributed by atoms with van der Waals surface area (Å²) in [5.74, 6) is 0.238. The largest absolute Gasteiger partial charge is 0.381 e. The maximum atomic E-state index is 12.7. The van der Waals surface area contributed by atoms with Gasteiger partial charge in [0.15, 0.2) is 0 Å². The Balaban J connectivity index is 1.56. The number of anilines is 1. The van der Waals surface area contributed by atoms with Gasteiger partial charge in [0.1, 0.15) is 5.92 Å². The average Bonchev–Trinajstić information content (AvgIpc) is 3.29. The second-order valence-corrected chi connectivity index (χ2v) is 7.51. The molecule has 2 aromatic rings. The van der Waals surface area contributed by atoms with Crippen molar-refractivity contribution in [3.05, 3.63) is 76.8 Å². The normalized spacial score (nSPS) is 28.8. The van der Waals surface area contributed by atoms with E-state index in [1.807, 2.05) is 48.5 Å². The number of halogens is 1. The molecule has 5 rings (SSSR count). The van der Waals surface area contributed by atoms with Crippen LogP contribution >= 0.6 is 11.6 Å². The minimum absolute atomic E-state index is 0.00914. The fourth-order valence-electron chi connectivity index (χ4n) is 4.50. The lowest BCUT2D eigenvalue weighted by Crippen LogP contribution is -2.47. The van der Waals surface area contributed by atoms with Crippen LogP contribution in [0, 0.1) is 11.8 Å². The Kier molecular flexibility index (Phi) is 3.61. The molecule has 4 atom stereocenters. The lowest BCUT2D eigenvalue weighted by atomic mass is 9.73. The third-order valence-corrected chi connectivity index (χ3v) is 5.90. The van der Waals surface area contributed by atoms with Gasteiger partial charge in [-0.25, -0.2) is 5.43 Å². The van der Waals surface area contributed by atoms with Crippen LogP contribution in [0.5, 0.6) is 0 Å². The zero-order valence-electron chi connectivity index (χ0n) is 14.0. The van der Waals surface area contributed by atoms with Crippen LogP contribution < -0.4 is 10.7 Å². The molecule has 4 unspecified atom stereocenters. The molecule has 3 aliphatic rings. The van der Waals surface area contributed by atoms with Gasteiger partial charge in [-0.2, -0.15) is 5.10 Å². The molecule has 0 saturated carbocycles. The Morgan fingerprint density at radius 1 is 1.12 bits per heavy atom. The molecule has 0 fully saturated rings. The Morgan fingerprint density at radius 2 is 1.96 bits per heavy atom. The fraction of sp³-hybridized carbons (Fsp3) is 0.238. The minimum Gasteiger partial charge on any atom is -0.381 e. The number of hydrogen-bond acceptors (Lipinski definition) is 3. The van der Waals surface area contributed by atoms with E-state index in [0.717, 1.165) is 28.4 Å². The molecular formula is C21H18ClN3O. The van der Waals surface area contributed by atoms with E-state index in [1.165, 1.54) is 5.56 Å². The molecule has 2 N–H and O–H groups in total. The maximum Gasteiger partial charge on any atom is 0.251 e. The zero-order chi connectivity index (χ0) is 17.7. The predicted molar refractivity (Wildman–Crippen MR) is 103 cm³/mol. The summed E-state index contributed by atoms with van der Waals surface area (Å²) < 4.78 is 0. The van der Waals surface area contributed by atoms with E-state index in [4.69, 9.17) is 11.6 Å². The SMILES string of the molecule is O=C1NN=C(c2ccccc2)C1C1Nc2ccc(Cl)cc2C2C=CCC21. The third kappa shape index (κ3) is 2.36. The molecule has 2 heterocycles. The van der Waals surface area contributed by atoms with Crippen LogP contribution in [0.25, 0.3) is 0 Å². The summed E-state index contributed by atoms with van der Waals surface area (Å²) >= 11 is 6.22. The topological polar surface area (TPSA) is 53.5 Å². The number of fused-ring (bicyclic) bond motifs is 3. The Labute approximate surface area is 156 Å². The highest BCUT2D eigenvalue weighted by atomic mass is 35.5. The first-order valence-electron chi connectivity index (χ1n) is 8.88. The van der Waals surface area contributed by atoms with Crippen molar-refractivity contribution in [3.63, 3.8) is 0 Å². The van der Waals surface area contributed by atoms with Crippen molar-refractivity contribution in [2.24, 2.45) is 16.9 Å². The molecule has 4 nitrogen and oxygen atoms in total. The van der Waals surface area contributed by atoms with Gasteiger partial charge < -0.3 is 5.32 Å². The molecular weight excluding hydrogens is 346 g/mol.